The van der Waals surface area contributed by atoms with Crippen LogP contribution in [-0.4, -0.2) is 31.3 Å². The SMILES string of the molecule is CSc1ccc(Cl)cc1C1CC(CN)CN1C. The molecule has 1 saturated heterocycles. The first-order valence-corrected chi connectivity index (χ1v) is 7.49. The third-order valence-corrected chi connectivity index (χ3v) is 4.57. The predicted octanol–water partition coefficient (Wildman–Crippen LogP) is 3.01. The second-order valence-electron chi connectivity index (χ2n) is 4.68. The summed E-state index contributed by atoms with van der Waals surface area (Å²) in [7, 11) is 2.17. The number of likely N-dealkylation sites (tertiary alicyclic amines) is 1. The number of hydrogen-bond donors (Lipinski definition) is 1. The van der Waals surface area contributed by atoms with Crippen molar-refractivity contribution in [3.63, 3.8) is 0 Å². The van der Waals surface area contributed by atoms with E-state index in [0.29, 0.717) is 12.0 Å². The third kappa shape index (κ3) is 2.79. The van der Waals surface area contributed by atoms with Crippen molar-refractivity contribution in [2.45, 2.75) is 17.4 Å². The van der Waals surface area contributed by atoms with E-state index in [4.69, 9.17) is 17.3 Å². The van der Waals surface area contributed by atoms with Gasteiger partial charge in [0.1, 0.15) is 0 Å². The van der Waals surface area contributed by atoms with Crippen LogP contribution in [0.3, 0.4) is 0 Å². The van der Waals surface area contributed by atoms with Crippen LogP contribution in [-0.2, 0) is 0 Å². The van der Waals surface area contributed by atoms with E-state index in [1.54, 1.807) is 11.8 Å². The van der Waals surface area contributed by atoms with Crippen LogP contribution in [0.25, 0.3) is 0 Å². The molecule has 1 fully saturated rings. The second-order valence-corrected chi connectivity index (χ2v) is 5.96. The van der Waals surface area contributed by atoms with Gasteiger partial charge in [-0.15, -0.1) is 11.8 Å². The monoisotopic (exact) mass is 270 g/mol. The lowest BCUT2D eigenvalue weighted by molar-refractivity contribution is 0.311. The minimum Gasteiger partial charge on any atom is -0.330 e. The maximum atomic E-state index is 6.12. The number of halogens is 1. The number of thioether (sulfide) groups is 1. The summed E-state index contributed by atoms with van der Waals surface area (Å²) in [5.74, 6) is 0.610. The Morgan fingerprint density at radius 1 is 1.53 bits per heavy atom. The minimum atomic E-state index is 0.463. The molecule has 0 aliphatic carbocycles. The zero-order chi connectivity index (χ0) is 12.4. The van der Waals surface area contributed by atoms with Gasteiger partial charge in [0, 0.05) is 22.5 Å². The van der Waals surface area contributed by atoms with E-state index in [0.717, 1.165) is 24.5 Å². The van der Waals surface area contributed by atoms with Gasteiger partial charge >= 0.3 is 0 Å². The summed E-state index contributed by atoms with van der Waals surface area (Å²) >= 11 is 7.90. The average molecular weight is 271 g/mol. The molecule has 94 valence electrons. The summed E-state index contributed by atoms with van der Waals surface area (Å²) in [4.78, 5) is 3.71. The van der Waals surface area contributed by atoms with Crippen molar-refractivity contribution in [2.75, 3.05) is 26.4 Å². The maximum absolute atomic E-state index is 6.12. The molecule has 1 aliphatic heterocycles. The Balaban J connectivity index is 2.30. The lowest BCUT2D eigenvalue weighted by atomic mass is 10.00. The van der Waals surface area contributed by atoms with Crippen molar-refractivity contribution in [3.05, 3.63) is 28.8 Å². The lowest BCUT2D eigenvalue weighted by Crippen LogP contribution is -2.20. The van der Waals surface area contributed by atoms with Crippen LogP contribution in [0.5, 0.6) is 0 Å². The van der Waals surface area contributed by atoms with E-state index in [9.17, 15) is 0 Å². The van der Waals surface area contributed by atoms with Gasteiger partial charge in [0.2, 0.25) is 0 Å². The molecule has 2 N–H and O–H groups in total. The van der Waals surface area contributed by atoms with Crippen LogP contribution in [0.4, 0.5) is 0 Å². The molecule has 2 nitrogen and oxygen atoms in total. The maximum Gasteiger partial charge on any atom is 0.0410 e. The van der Waals surface area contributed by atoms with Crippen LogP contribution in [0.15, 0.2) is 23.1 Å². The molecular weight excluding hydrogens is 252 g/mol. The molecule has 17 heavy (non-hydrogen) atoms. The van der Waals surface area contributed by atoms with E-state index in [1.807, 2.05) is 6.07 Å². The van der Waals surface area contributed by atoms with Gasteiger partial charge in [-0.3, -0.25) is 4.90 Å². The summed E-state index contributed by atoms with van der Waals surface area (Å²) in [5.41, 5.74) is 7.13. The Morgan fingerprint density at radius 3 is 2.88 bits per heavy atom. The summed E-state index contributed by atoms with van der Waals surface area (Å²) < 4.78 is 0. The Bertz CT molecular complexity index is 397. The van der Waals surface area contributed by atoms with E-state index < -0.39 is 0 Å². The summed E-state index contributed by atoms with van der Waals surface area (Å²) in [6.45, 7) is 1.86. The van der Waals surface area contributed by atoms with Gasteiger partial charge in [-0.05, 0) is 55.9 Å². The van der Waals surface area contributed by atoms with E-state index in [-0.39, 0.29) is 0 Å². The quantitative estimate of drug-likeness (QED) is 0.856. The van der Waals surface area contributed by atoms with Crippen molar-refractivity contribution in [3.8, 4) is 0 Å². The zero-order valence-corrected chi connectivity index (χ0v) is 11.9. The topological polar surface area (TPSA) is 29.3 Å². The number of nitrogens with two attached hydrogens (primary N) is 1. The fourth-order valence-corrected chi connectivity index (χ4v) is 3.42. The van der Waals surface area contributed by atoms with Crippen LogP contribution in [0, 0.1) is 5.92 Å². The minimum absolute atomic E-state index is 0.463. The van der Waals surface area contributed by atoms with Crippen molar-refractivity contribution in [1.29, 1.82) is 0 Å². The summed E-state index contributed by atoms with van der Waals surface area (Å²) in [6.07, 6.45) is 3.25. The third-order valence-electron chi connectivity index (χ3n) is 3.52. The number of nitrogens with zero attached hydrogens (tertiary/aromatic N) is 1. The molecule has 1 aromatic rings. The Morgan fingerprint density at radius 2 is 2.29 bits per heavy atom. The molecular formula is C13H19ClN2S. The molecule has 0 radical (unpaired) electrons. The predicted molar refractivity (Wildman–Crippen MR) is 75.8 cm³/mol. The van der Waals surface area contributed by atoms with E-state index in [2.05, 4.69) is 30.3 Å². The highest BCUT2D eigenvalue weighted by Gasteiger charge is 2.31. The Kier molecular flexibility index (Phi) is 4.36. The first-order chi connectivity index (χ1) is 8.15. The van der Waals surface area contributed by atoms with Crippen molar-refractivity contribution < 1.29 is 0 Å². The van der Waals surface area contributed by atoms with E-state index >= 15 is 0 Å². The highest BCUT2D eigenvalue weighted by molar-refractivity contribution is 7.98. The zero-order valence-electron chi connectivity index (χ0n) is 10.3. The smallest absolute Gasteiger partial charge is 0.0410 e. The fraction of sp³-hybridized carbons (Fsp3) is 0.538. The molecule has 0 bridgehead atoms. The normalized spacial score (nSPS) is 25.4. The van der Waals surface area contributed by atoms with E-state index in [1.165, 1.54) is 10.5 Å². The average Bonchev–Trinajstić information content (AvgIpc) is 2.70. The molecule has 2 atom stereocenters. The van der Waals surface area contributed by atoms with Gasteiger partial charge in [-0.1, -0.05) is 11.6 Å². The number of rotatable bonds is 3. The number of hydrogen-bond acceptors (Lipinski definition) is 3. The lowest BCUT2D eigenvalue weighted by Gasteiger charge is -2.22. The number of benzene rings is 1. The van der Waals surface area contributed by atoms with Gasteiger partial charge in [-0.25, -0.2) is 0 Å². The van der Waals surface area contributed by atoms with Gasteiger partial charge in [0.25, 0.3) is 0 Å². The summed E-state index contributed by atoms with van der Waals surface area (Å²) in [6, 6.07) is 6.65. The van der Waals surface area contributed by atoms with Gasteiger partial charge < -0.3 is 5.73 Å². The molecule has 4 heteroatoms. The van der Waals surface area contributed by atoms with Crippen LogP contribution in [0.2, 0.25) is 5.02 Å². The van der Waals surface area contributed by atoms with Crippen LogP contribution < -0.4 is 5.73 Å². The molecule has 0 aromatic heterocycles. The molecule has 0 saturated carbocycles. The first kappa shape index (κ1) is 13.2. The first-order valence-electron chi connectivity index (χ1n) is 5.89. The largest absolute Gasteiger partial charge is 0.330 e. The highest BCUT2D eigenvalue weighted by atomic mass is 35.5. The molecule has 0 amide bonds. The van der Waals surface area contributed by atoms with Crippen molar-refractivity contribution in [1.82, 2.24) is 4.90 Å². The van der Waals surface area contributed by atoms with Gasteiger partial charge in [0.05, 0.1) is 0 Å². The molecule has 1 aromatic carbocycles. The highest BCUT2D eigenvalue weighted by Crippen LogP contribution is 2.38. The van der Waals surface area contributed by atoms with Gasteiger partial charge in [0.15, 0.2) is 0 Å². The van der Waals surface area contributed by atoms with Crippen molar-refractivity contribution >= 4 is 23.4 Å². The molecule has 2 unspecified atom stereocenters. The Labute approximate surface area is 113 Å². The van der Waals surface area contributed by atoms with Crippen LogP contribution >= 0.6 is 23.4 Å². The second kappa shape index (κ2) is 5.61. The molecule has 1 heterocycles. The molecule has 1 aliphatic rings. The molecule has 2 rings (SSSR count). The standard InChI is InChI=1S/C13H19ClN2S/c1-16-8-9(7-15)5-12(16)11-6-10(14)3-4-13(11)17-2/h3-4,6,9,12H,5,7-8,15H2,1-2H3. The van der Waals surface area contributed by atoms with Gasteiger partial charge in [-0.2, -0.15) is 0 Å². The fourth-order valence-electron chi connectivity index (χ4n) is 2.61. The summed E-state index contributed by atoms with van der Waals surface area (Å²) in [5, 5.41) is 0.822. The Hall–Kier alpha value is -0.220. The van der Waals surface area contributed by atoms with Crippen molar-refractivity contribution in [2.24, 2.45) is 11.7 Å². The molecule has 0 spiro atoms. The van der Waals surface area contributed by atoms with Crippen LogP contribution in [0.1, 0.15) is 18.0 Å².